The van der Waals surface area contributed by atoms with Gasteiger partial charge in [0.2, 0.25) is 11.7 Å². The Morgan fingerprint density at radius 3 is 2.50 bits per heavy atom. The third kappa shape index (κ3) is 4.64. The third-order valence-electron chi connectivity index (χ3n) is 3.22. The van der Waals surface area contributed by atoms with E-state index in [-0.39, 0.29) is 19.1 Å². The summed E-state index contributed by atoms with van der Waals surface area (Å²) in [6, 6.07) is 19.1. The smallest absolute Gasteiger partial charge is 0.243 e. The molecule has 3 aromatic rings. The molecule has 2 aromatic carbocycles. The van der Waals surface area contributed by atoms with Crippen molar-refractivity contribution in [3.8, 4) is 5.75 Å². The average Bonchev–Trinajstić information content (AvgIpc) is 3.07. The van der Waals surface area contributed by atoms with E-state index in [4.69, 9.17) is 4.74 Å². The molecule has 1 N–H and O–H groups in total. The van der Waals surface area contributed by atoms with E-state index in [1.807, 2.05) is 60.7 Å². The Bertz CT molecular complexity index is 774. The van der Waals surface area contributed by atoms with Crippen LogP contribution in [0.5, 0.6) is 5.75 Å². The van der Waals surface area contributed by atoms with Crippen molar-refractivity contribution in [1.82, 2.24) is 25.5 Å². The molecule has 3 rings (SSSR count). The average molecular weight is 323 g/mol. The quantitative estimate of drug-likeness (QED) is 0.714. The number of carbonyl (C=O) groups is 1. The van der Waals surface area contributed by atoms with E-state index in [1.54, 1.807) is 0 Å². The number of tetrazole rings is 1. The van der Waals surface area contributed by atoms with Crippen molar-refractivity contribution < 1.29 is 9.53 Å². The van der Waals surface area contributed by atoms with Gasteiger partial charge in [0, 0.05) is 6.54 Å². The van der Waals surface area contributed by atoms with Crippen LogP contribution in [0.25, 0.3) is 0 Å². The summed E-state index contributed by atoms with van der Waals surface area (Å²) in [6.07, 6.45) is 0. The lowest BCUT2D eigenvalue weighted by atomic mass is 10.2. The molecule has 0 saturated heterocycles. The minimum absolute atomic E-state index is 0.0190. The molecule has 0 bridgehead atoms. The number of hydrogen-bond donors (Lipinski definition) is 1. The summed E-state index contributed by atoms with van der Waals surface area (Å²) in [5.74, 6) is 0.982. The van der Waals surface area contributed by atoms with Crippen LogP contribution in [0.2, 0.25) is 0 Å². The van der Waals surface area contributed by atoms with Crippen LogP contribution in [0.4, 0.5) is 0 Å². The fourth-order valence-electron chi connectivity index (χ4n) is 2.05. The maximum Gasteiger partial charge on any atom is 0.243 e. The first-order valence-corrected chi connectivity index (χ1v) is 7.55. The summed E-state index contributed by atoms with van der Waals surface area (Å²) in [7, 11) is 0. The maximum absolute atomic E-state index is 11.9. The summed E-state index contributed by atoms with van der Waals surface area (Å²) in [5, 5.41) is 14.7. The molecule has 0 aliphatic carbocycles. The molecule has 7 nitrogen and oxygen atoms in total. The SMILES string of the molecule is O=C(Cn1nnc(COc2ccccc2)n1)NCc1ccccc1. The Morgan fingerprint density at radius 1 is 1.04 bits per heavy atom. The van der Waals surface area contributed by atoms with Crippen molar-refractivity contribution in [2.75, 3.05) is 0 Å². The summed E-state index contributed by atoms with van der Waals surface area (Å²) >= 11 is 0. The Balaban J connectivity index is 1.46. The van der Waals surface area contributed by atoms with Gasteiger partial charge in [-0.2, -0.15) is 4.80 Å². The lowest BCUT2D eigenvalue weighted by Gasteiger charge is -2.04. The highest BCUT2D eigenvalue weighted by Gasteiger charge is 2.08. The second-order valence-corrected chi connectivity index (χ2v) is 5.10. The van der Waals surface area contributed by atoms with Crippen LogP contribution in [-0.2, 0) is 24.5 Å². The van der Waals surface area contributed by atoms with E-state index in [0.717, 1.165) is 11.3 Å². The molecule has 122 valence electrons. The molecule has 1 heterocycles. The fraction of sp³-hybridized carbons (Fsp3) is 0.176. The molecule has 0 fully saturated rings. The first-order chi connectivity index (χ1) is 11.8. The van der Waals surface area contributed by atoms with Gasteiger partial charge >= 0.3 is 0 Å². The number of nitrogens with zero attached hydrogens (tertiary/aromatic N) is 4. The molecule has 0 saturated carbocycles. The molecule has 1 amide bonds. The highest BCUT2D eigenvalue weighted by Crippen LogP contribution is 2.09. The minimum Gasteiger partial charge on any atom is -0.485 e. The molecule has 0 radical (unpaired) electrons. The summed E-state index contributed by atoms with van der Waals surface area (Å²) in [6.45, 7) is 0.694. The molecule has 24 heavy (non-hydrogen) atoms. The van der Waals surface area contributed by atoms with Gasteiger partial charge in [-0.3, -0.25) is 4.79 Å². The van der Waals surface area contributed by atoms with Gasteiger partial charge in [-0.25, -0.2) is 0 Å². The Morgan fingerprint density at radius 2 is 1.75 bits per heavy atom. The highest BCUT2D eigenvalue weighted by atomic mass is 16.5. The number of para-hydroxylation sites is 1. The van der Waals surface area contributed by atoms with E-state index in [1.165, 1.54) is 4.80 Å². The van der Waals surface area contributed by atoms with Crippen molar-refractivity contribution in [2.45, 2.75) is 19.7 Å². The zero-order valence-corrected chi connectivity index (χ0v) is 13.0. The van der Waals surface area contributed by atoms with E-state index in [9.17, 15) is 4.79 Å². The molecule has 1 aromatic heterocycles. The number of amides is 1. The van der Waals surface area contributed by atoms with Gasteiger partial charge in [-0.15, -0.1) is 10.2 Å². The Kier molecular flexibility index (Phi) is 5.14. The van der Waals surface area contributed by atoms with Crippen LogP contribution in [-0.4, -0.2) is 26.1 Å². The molecule has 0 atom stereocenters. The van der Waals surface area contributed by atoms with Gasteiger partial charge in [0.1, 0.15) is 12.3 Å². The molecular formula is C17H17N5O2. The van der Waals surface area contributed by atoms with Crippen LogP contribution < -0.4 is 10.1 Å². The molecule has 0 unspecified atom stereocenters. The third-order valence-corrected chi connectivity index (χ3v) is 3.22. The molecule has 0 aliphatic rings. The van der Waals surface area contributed by atoms with E-state index in [0.29, 0.717) is 12.4 Å². The predicted molar refractivity (Wildman–Crippen MR) is 86.9 cm³/mol. The lowest BCUT2D eigenvalue weighted by molar-refractivity contribution is -0.122. The number of benzene rings is 2. The predicted octanol–water partition coefficient (Wildman–Crippen LogP) is 1.57. The lowest BCUT2D eigenvalue weighted by Crippen LogP contribution is -2.28. The second-order valence-electron chi connectivity index (χ2n) is 5.10. The van der Waals surface area contributed by atoms with Crippen molar-refractivity contribution in [3.05, 3.63) is 72.1 Å². The first-order valence-electron chi connectivity index (χ1n) is 7.55. The van der Waals surface area contributed by atoms with Gasteiger partial charge in [-0.1, -0.05) is 48.5 Å². The van der Waals surface area contributed by atoms with Crippen molar-refractivity contribution >= 4 is 5.91 Å². The number of carbonyl (C=O) groups excluding carboxylic acids is 1. The summed E-state index contributed by atoms with van der Waals surface area (Å²) in [5.41, 5.74) is 1.04. The molecular weight excluding hydrogens is 306 g/mol. The standard InChI is InChI=1S/C17H17N5O2/c23-17(18-11-14-7-3-1-4-8-14)12-22-20-16(19-21-22)13-24-15-9-5-2-6-10-15/h1-10H,11-13H2,(H,18,23). The van der Waals surface area contributed by atoms with Crippen LogP contribution in [0.1, 0.15) is 11.4 Å². The first kappa shape index (κ1) is 15.7. The van der Waals surface area contributed by atoms with Crippen LogP contribution in [0, 0.1) is 0 Å². The molecule has 7 heteroatoms. The van der Waals surface area contributed by atoms with Crippen LogP contribution >= 0.6 is 0 Å². The summed E-state index contributed by atoms with van der Waals surface area (Å²) in [4.78, 5) is 13.2. The largest absolute Gasteiger partial charge is 0.485 e. The topological polar surface area (TPSA) is 81.9 Å². The summed E-state index contributed by atoms with van der Waals surface area (Å²) < 4.78 is 5.54. The van der Waals surface area contributed by atoms with Crippen molar-refractivity contribution in [1.29, 1.82) is 0 Å². The maximum atomic E-state index is 11.9. The van der Waals surface area contributed by atoms with Gasteiger partial charge in [0.15, 0.2) is 6.61 Å². The molecule has 0 spiro atoms. The zero-order valence-electron chi connectivity index (χ0n) is 13.0. The van der Waals surface area contributed by atoms with Crippen LogP contribution in [0.3, 0.4) is 0 Å². The number of rotatable bonds is 7. The van der Waals surface area contributed by atoms with Gasteiger partial charge in [0.25, 0.3) is 0 Å². The van der Waals surface area contributed by atoms with E-state index >= 15 is 0 Å². The molecule has 0 aliphatic heterocycles. The number of hydrogen-bond acceptors (Lipinski definition) is 5. The van der Waals surface area contributed by atoms with Crippen molar-refractivity contribution in [3.63, 3.8) is 0 Å². The van der Waals surface area contributed by atoms with Crippen molar-refractivity contribution in [2.24, 2.45) is 0 Å². The number of ether oxygens (including phenoxy) is 1. The van der Waals surface area contributed by atoms with E-state index in [2.05, 4.69) is 20.7 Å². The fourth-order valence-corrected chi connectivity index (χ4v) is 2.05. The van der Waals surface area contributed by atoms with Gasteiger partial charge in [0.05, 0.1) is 0 Å². The monoisotopic (exact) mass is 323 g/mol. The second kappa shape index (κ2) is 7.87. The highest BCUT2D eigenvalue weighted by molar-refractivity contribution is 5.75. The zero-order chi connectivity index (χ0) is 16.6. The normalized spacial score (nSPS) is 10.3. The number of nitrogens with one attached hydrogen (secondary N) is 1. The Hall–Kier alpha value is -3.22. The van der Waals surface area contributed by atoms with Gasteiger partial charge in [-0.05, 0) is 22.9 Å². The number of aromatic nitrogens is 4. The Labute approximate surface area is 139 Å². The van der Waals surface area contributed by atoms with Crippen LogP contribution in [0.15, 0.2) is 60.7 Å². The van der Waals surface area contributed by atoms with Gasteiger partial charge < -0.3 is 10.1 Å². The minimum atomic E-state index is -0.174. The van der Waals surface area contributed by atoms with E-state index < -0.39 is 0 Å².